The number of nitrogens with zero attached hydrogens (tertiary/aromatic N) is 4. The number of fused-ring (bicyclic) bond motifs is 2. The topological polar surface area (TPSA) is 97.1 Å². The van der Waals surface area contributed by atoms with E-state index in [-0.39, 0.29) is 11.3 Å². The first kappa shape index (κ1) is 19.7. The van der Waals surface area contributed by atoms with Crippen molar-refractivity contribution in [2.75, 3.05) is 5.32 Å². The summed E-state index contributed by atoms with van der Waals surface area (Å²) in [5.74, 6) is -0.241. The molecule has 9 heteroatoms. The molecular formula is C23H19FN6O2. The number of aromatic nitrogens is 5. The third kappa shape index (κ3) is 3.06. The number of nitrogens with one attached hydrogen (secondary N) is 2. The molecule has 1 aromatic carbocycles. The fourth-order valence-corrected chi connectivity index (χ4v) is 3.94. The van der Waals surface area contributed by atoms with Gasteiger partial charge in [-0.1, -0.05) is 18.2 Å². The molecule has 160 valence electrons. The van der Waals surface area contributed by atoms with Gasteiger partial charge in [0, 0.05) is 29.8 Å². The average Bonchev–Trinajstić information content (AvgIpc) is 3.39. The van der Waals surface area contributed by atoms with Gasteiger partial charge in [0.15, 0.2) is 11.6 Å². The van der Waals surface area contributed by atoms with Crippen LogP contribution in [0.2, 0.25) is 0 Å². The van der Waals surface area contributed by atoms with E-state index in [2.05, 4.69) is 20.3 Å². The van der Waals surface area contributed by atoms with E-state index in [1.807, 2.05) is 25.1 Å². The maximum absolute atomic E-state index is 14.3. The van der Waals surface area contributed by atoms with E-state index in [1.54, 1.807) is 24.5 Å². The molecule has 0 radical (unpaired) electrons. The first-order chi connectivity index (χ1) is 15.5. The largest absolute Gasteiger partial charge is 0.361 e. The number of carbonyl (C=O) groups is 1. The number of benzene rings is 1. The van der Waals surface area contributed by atoms with Gasteiger partial charge >= 0.3 is 0 Å². The van der Waals surface area contributed by atoms with Crippen molar-refractivity contribution in [1.29, 1.82) is 0 Å². The van der Waals surface area contributed by atoms with Gasteiger partial charge in [0.2, 0.25) is 0 Å². The first-order valence-electron chi connectivity index (χ1n) is 10.0. The molecule has 4 aromatic heterocycles. The van der Waals surface area contributed by atoms with Gasteiger partial charge in [0.1, 0.15) is 23.3 Å². The van der Waals surface area contributed by atoms with Crippen LogP contribution in [0, 0.1) is 5.82 Å². The van der Waals surface area contributed by atoms with Crippen LogP contribution in [0.1, 0.15) is 35.9 Å². The maximum Gasteiger partial charge on any atom is 0.282 e. The summed E-state index contributed by atoms with van der Waals surface area (Å²) in [6.07, 6.45) is 6.23. The molecule has 5 aromatic rings. The van der Waals surface area contributed by atoms with E-state index in [0.29, 0.717) is 33.8 Å². The van der Waals surface area contributed by atoms with Crippen molar-refractivity contribution in [1.82, 2.24) is 23.9 Å². The number of hydrogen-bond donors (Lipinski definition) is 2. The zero-order valence-corrected chi connectivity index (χ0v) is 17.3. The summed E-state index contributed by atoms with van der Waals surface area (Å²) in [6, 6.07) is 9.89. The quantitative estimate of drug-likeness (QED) is 0.413. The van der Waals surface area contributed by atoms with E-state index < -0.39 is 17.4 Å². The summed E-state index contributed by atoms with van der Waals surface area (Å²) in [4.78, 5) is 36.9. The lowest BCUT2D eigenvalue weighted by Gasteiger charge is -2.21. The number of rotatable bonds is 5. The van der Waals surface area contributed by atoms with Crippen molar-refractivity contribution in [2.45, 2.75) is 19.9 Å². The molecule has 0 bridgehead atoms. The zero-order valence-electron chi connectivity index (χ0n) is 17.3. The highest BCUT2D eigenvalue weighted by Crippen LogP contribution is 2.28. The summed E-state index contributed by atoms with van der Waals surface area (Å²) in [5.41, 5.74) is 1.71. The molecule has 0 aliphatic heterocycles. The summed E-state index contributed by atoms with van der Waals surface area (Å²) >= 11 is 0. The molecule has 4 heterocycles. The number of hydrogen-bond acceptors (Lipinski definition) is 5. The number of H-pyrrole nitrogens is 1. The highest BCUT2D eigenvalue weighted by molar-refractivity contribution is 6.09. The zero-order chi connectivity index (χ0) is 22.4. The molecule has 0 saturated carbocycles. The van der Waals surface area contributed by atoms with E-state index in [0.717, 1.165) is 0 Å². The normalized spacial score (nSPS) is 12.3. The smallest absolute Gasteiger partial charge is 0.282 e. The summed E-state index contributed by atoms with van der Waals surface area (Å²) < 4.78 is 17.3. The van der Waals surface area contributed by atoms with Crippen LogP contribution in [0.5, 0.6) is 0 Å². The van der Waals surface area contributed by atoms with Crippen molar-refractivity contribution in [2.24, 2.45) is 0 Å². The van der Waals surface area contributed by atoms with Crippen molar-refractivity contribution in [3.63, 3.8) is 0 Å². The molecule has 0 aliphatic carbocycles. The number of aromatic amines is 1. The monoisotopic (exact) mass is 430 g/mol. The van der Waals surface area contributed by atoms with Gasteiger partial charge in [-0.15, -0.1) is 0 Å². The average molecular weight is 430 g/mol. The van der Waals surface area contributed by atoms with E-state index in [9.17, 15) is 14.0 Å². The predicted molar refractivity (Wildman–Crippen MR) is 119 cm³/mol. The van der Waals surface area contributed by atoms with Crippen LogP contribution >= 0.6 is 0 Å². The molecule has 0 saturated heterocycles. The Hall–Kier alpha value is -4.27. The van der Waals surface area contributed by atoms with E-state index in [1.165, 1.54) is 34.5 Å². The van der Waals surface area contributed by atoms with Crippen molar-refractivity contribution in [3.8, 4) is 5.69 Å². The molecule has 32 heavy (non-hydrogen) atoms. The number of para-hydroxylation sites is 1. The second-order valence-corrected chi connectivity index (χ2v) is 7.52. The van der Waals surface area contributed by atoms with Gasteiger partial charge in [-0.25, -0.2) is 14.4 Å². The third-order valence-corrected chi connectivity index (χ3v) is 5.46. The Kier molecular flexibility index (Phi) is 4.58. The Morgan fingerprint density at radius 1 is 1.19 bits per heavy atom. The van der Waals surface area contributed by atoms with E-state index in [4.69, 9.17) is 0 Å². The lowest BCUT2D eigenvalue weighted by atomic mass is 10.1. The number of ketones is 1. The van der Waals surface area contributed by atoms with Crippen LogP contribution in [0.3, 0.4) is 0 Å². The highest BCUT2D eigenvalue weighted by Gasteiger charge is 2.21. The van der Waals surface area contributed by atoms with Gasteiger partial charge in [0.05, 0.1) is 17.1 Å². The Balaban J connectivity index is 1.69. The van der Waals surface area contributed by atoms with Crippen molar-refractivity contribution in [3.05, 3.63) is 88.7 Å². The third-order valence-electron chi connectivity index (χ3n) is 5.46. The Bertz CT molecular complexity index is 1530. The Morgan fingerprint density at radius 3 is 2.72 bits per heavy atom. The lowest BCUT2D eigenvalue weighted by Crippen LogP contribution is -2.27. The van der Waals surface area contributed by atoms with Crippen molar-refractivity contribution < 1.29 is 9.18 Å². The minimum atomic E-state index is -0.581. The fraction of sp³-hybridized carbons (Fsp3) is 0.130. The molecule has 0 amide bonds. The molecule has 0 fully saturated rings. The number of anilines is 1. The second kappa shape index (κ2) is 7.45. The standard InChI is InChI=1S/C23H19FN6O2/c1-13(28-22-19-16(14(2)31)10-25-21(19)26-12-27-22)18-11-29-9-8-17(24)20(29)23(32)30(18)15-6-4-3-5-7-15/h3-13H,1-2H3,(H2,25,26,27,28). The van der Waals surface area contributed by atoms with Gasteiger partial charge < -0.3 is 14.7 Å². The van der Waals surface area contributed by atoms with Crippen LogP contribution in [0.4, 0.5) is 10.2 Å². The second-order valence-electron chi connectivity index (χ2n) is 7.52. The first-order valence-corrected chi connectivity index (χ1v) is 10.0. The van der Waals surface area contributed by atoms with Crippen LogP contribution < -0.4 is 10.9 Å². The van der Waals surface area contributed by atoms with Gasteiger partial charge in [-0.05, 0) is 32.0 Å². The van der Waals surface area contributed by atoms with E-state index >= 15 is 0 Å². The summed E-state index contributed by atoms with van der Waals surface area (Å²) in [7, 11) is 0. The van der Waals surface area contributed by atoms with Crippen molar-refractivity contribution >= 4 is 28.2 Å². The molecule has 1 atom stereocenters. The van der Waals surface area contributed by atoms with Gasteiger partial charge in [-0.3, -0.25) is 14.2 Å². The molecule has 5 rings (SSSR count). The molecule has 0 aliphatic rings. The minimum absolute atomic E-state index is 0.0290. The molecule has 2 N–H and O–H groups in total. The summed E-state index contributed by atoms with van der Waals surface area (Å²) in [5, 5.41) is 3.88. The van der Waals surface area contributed by atoms with Crippen LogP contribution in [-0.2, 0) is 0 Å². The number of halogens is 1. The SMILES string of the molecule is CC(=O)c1c[nH]c2ncnc(NC(C)c3cn4ccc(F)c4c(=O)n3-c3ccccc3)c12. The minimum Gasteiger partial charge on any atom is -0.361 e. The molecule has 8 nitrogen and oxygen atoms in total. The van der Waals surface area contributed by atoms with Crippen LogP contribution in [0.25, 0.3) is 22.2 Å². The maximum atomic E-state index is 14.3. The molecular weight excluding hydrogens is 411 g/mol. The predicted octanol–water partition coefficient (Wildman–Crippen LogP) is 3.88. The Morgan fingerprint density at radius 2 is 1.97 bits per heavy atom. The Labute approximate surface area is 181 Å². The summed E-state index contributed by atoms with van der Waals surface area (Å²) in [6.45, 7) is 3.35. The van der Waals surface area contributed by atoms with Gasteiger partial charge in [0.25, 0.3) is 5.56 Å². The molecule has 1 unspecified atom stereocenters. The molecule has 0 spiro atoms. The van der Waals surface area contributed by atoms with Crippen LogP contribution in [-0.4, -0.2) is 29.7 Å². The van der Waals surface area contributed by atoms with Crippen LogP contribution in [0.15, 0.2) is 66.1 Å². The fourth-order valence-electron chi connectivity index (χ4n) is 3.94. The number of Topliss-reactive ketones (excluding diaryl/α,β-unsaturated/α-hetero) is 1. The lowest BCUT2D eigenvalue weighted by molar-refractivity contribution is 0.101. The van der Waals surface area contributed by atoms with Gasteiger partial charge in [-0.2, -0.15) is 0 Å². The number of carbonyl (C=O) groups excluding carboxylic acids is 1. The highest BCUT2D eigenvalue weighted by atomic mass is 19.1.